The van der Waals surface area contributed by atoms with E-state index in [2.05, 4.69) is 5.32 Å². The fraction of sp³-hybridized carbons (Fsp3) is 0.875. The smallest absolute Gasteiger partial charge is 0.237 e. The molecule has 1 N–H and O–H groups in total. The largest absolute Gasteiger partial charge is 0.339 e. The van der Waals surface area contributed by atoms with Crippen LogP contribution >= 0.6 is 12.4 Å². The molecule has 0 atom stereocenters. The van der Waals surface area contributed by atoms with Gasteiger partial charge in [-0.3, -0.25) is 4.79 Å². The number of halogens is 1. The van der Waals surface area contributed by atoms with Crippen molar-refractivity contribution in [1.29, 1.82) is 0 Å². The zero-order valence-corrected chi connectivity index (χ0v) is 10.4. The lowest BCUT2D eigenvalue weighted by atomic mass is 10.3. The van der Waals surface area contributed by atoms with Crippen molar-refractivity contribution >= 4 is 28.2 Å². The zero-order valence-electron chi connectivity index (χ0n) is 8.73. The van der Waals surface area contributed by atoms with Crippen molar-refractivity contribution in [3.63, 3.8) is 0 Å². The molecule has 0 aromatic carbocycles. The lowest BCUT2D eigenvalue weighted by Gasteiger charge is -2.27. The number of hydrogen-bond acceptors (Lipinski definition) is 4. The van der Waals surface area contributed by atoms with Gasteiger partial charge in [-0.1, -0.05) is 6.92 Å². The Kier molecular flexibility index (Phi) is 6.16. The third-order valence-electron chi connectivity index (χ3n) is 2.25. The van der Waals surface area contributed by atoms with Crippen molar-refractivity contribution in [2.75, 3.05) is 37.7 Å². The second-order valence-corrected chi connectivity index (χ2v) is 5.66. The van der Waals surface area contributed by atoms with Gasteiger partial charge in [-0.05, 0) is 0 Å². The average molecular weight is 257 g/mol. The number of carbonyl (C=O) groups is 1. The molecule has 1 fully saturated rings. The first kappa shape index (κ1) is 14.7. The molecule has 0 aromatic rings. The first-order valence-corrected chi connectivity index (χ1v) is 6.56. The summed E-state index contributed by atoms with van der Waals surface area (Å²) in [6, 6.07) is 0. The Hall–Kier alpha value is -0.330. The highest BCUT2D eigenvalue weighted by molar-refractivity contribution is 7.92. The zero-order chi connectivity index (χ0) is 10.6. The summed E-state index contributed by atoms with van der Waals surface area (Å²) in [5, 5.41) is 3.10. The van der Waals surface area contributed by atoms with E-state index in [0.29, 0.717) is 13.1 Å². The van der Waals surface area contributed by atoms with Crippen molar-refractivity contribution in [2.24, 2.45) is 0 Å². The summed E-state index contributed by atoms with van der Waals surface area (Å²) in [6.45, 7) is 4.27. The molecule has 0 saturated carbocycles. The molecule has 1 heterocycles. The van der Waals surface area contributed by atoms with E-state index >= 15 is 0 Å². The van der Waals surface area contributed by atoms with Crippen LogP contribution in [-0.4, -0.2) is 56.9 Å². The van der Waals surface area contributed by atoms with Crippen LogP contribution in [0.4, 0.5) is 0 Å². The quantitative estimate of drug-likeness (QED) is 0.724. The Morgan fingerprint density at radius 2 is 1.87 bits per heavy atom. The molecule has 0 bridgehead atoms. The van der Waals surface area contributed by atoms with Gasteiger partial charge in [-0.25, -0.2) is 8.42 Å². The summed E-state index contributed by atoms with van der Waals surface area (Å²) >= 11 is 0. The maximum Gasteiger partial charge on any atom is 0.237 e. The van der Waals surface area contributed by atoms with Crippen molar-refractivity contribution in [2.45, 2.75) is 6.92 Å². The third-order valence-corrected chi connectivity index (χ3v) is 3.82. The van der Waals surface area contributed by atoms with Crippen LogP contribution in [0, 0.1) is 0 Å². The minimum Gasteiger partial charge on any atom is -0.339 e. The number of rotatable bonds is 3. The minimum atomic E-state index is -3.18. The van der Waals surface area contributed by atoms with E-state index in [1.807, 2.05) is 0 Å². The van der Waals surface area contributed by atoms with E-state index < -0.39 is 9.84 Å². The molecule has 1 aliphatic heterocycles. The molecule has 15 heavy (non-hydrogen) atoms. The molecule has 1 saturated heterocycles. The highest BCUT2D eigenvalue weighted by atomic mass is 35.5. The molecule has 1 amide bonds. The van der Waals surface area contributed by atoms with Crippen LogP contribution in [0.2, 0.25) is 0 Å². The molecule has 0 aromatic heterocycles. The first-order valence-electron chi connectivity index (χ1n) is 4.74. The maximum absolute atomic E-state index is 11.5. The molecule has 0 aliphatic carbocycles. The van der Waals surface area contributed by atoms with Crippen LogP contribution in [0.1, 0.15) is 6.92 Å². The van der Waals surface area contributed by atoms with E-state index in [0.717, 1.165) is 13.1 Å². The molecule has 0 radical (unpaired) electrons. The predicted octanol–water partition coefficient (Wildman–Crippen LogP) is -0.725. The van der Waals surface area contributed by atoms with Gasteiger partial charge in [0.05, 0.1) is 0 Å². The van der Waals surface area contributed by atoms with Crippen LogP contribution in [-0.2, 0) is 14.6 Å². The molecular formula is C8H17ClN2O3S. The Morgan fingerprint density at radius 3 is 2.33 bits per heavy atom. The van der Waals surface area contributed by atoms with Gasteiger partial charge in [-0.15, -0.1) is 12.4 Å². The highest BCUT2D eigenvalue weighted by Gasteiger charge is 2.21. The van der Waals surface area contributed by atoms with Gasteiger partial charge in [0, 0.05) is 31.9 Å². The molecule has 7 heteroatoms. The van der Waals surface area contributed by atoms with Crippen LogP contribution in [0.25, 0.3) is 0 Å². The fourth-order valence-electron chi connectivity index (χ4n) is 1.30. The summed E-state index contributed by atoms with van der Waals surface area (Å²) in [5.74, 6) is -0.581. The molecule has 1 aliphatic rings. The van der Waals surface area contributed by atoms with Crippen molar-refractivity contribution in [3.8, 4) is 0 Å². The Bertz CT molecular complexity index is 299. The number of carbonyl (C=O) groups excluding carboxylic acids is 1. The topological polar surface area (TPSA) is 66.5 Å². The predicted molar refractivity (Wildman–Crippen MR) is 61.0 cm³/mol. The standard InChI is InChI=1S/C8H16N2O3S.ClH/c1-2-14(12,13)7-8(11)10-5-3-9-4-6-10;/h9H,2-7H2,1H3;1H. The van der Waals surface area contributed by atoms with Gasteiger partial charge in [0.15, 0.2) is 9.84 Å². The summed E-state index contributed by atoms with van der Waals surface area (Å²) < 4.78 is 22.4. The number of nitrogens with one attached hydrogen (secondary N) is 1. The average Bonchev–Trinajstić information content (AvgIpc) is 2.19. The monoisotopic (exact) mass is 256 g/mol. The Balaban J connectivity index is 0.00000196. The summed E-state index contributed by atoms with van der Waals surface area (Å²) in [4.78, 5) is 13.1. The number of amides is 1. The molecule has 0 spiro atoms. The normalized spacial score (nSPS) is 17.0. The molecule has 90 valence electrons. The minimum absolute atomic E-state index is 0. The number of piperazine rings is 1. The third kappa shape index (κ3) is 4.81. The highest BCUT2D eigenvalue weighted by Crippen LogP contribution is 1.98. The summed E-state index contributed by atoms with van der Waals surface area (Å²) in [6.07, 6.45) is 0. The van der Waals surface area contributed by atoms with E-state index in [1.165, 1.54) is 0 Å². The van der Waals surface area contributed by atoms with Crippen LogP contribution in [0.15, 0.2) is 0 Å². The molecule has 1 rings (SSSR count). The van der Waals surface area contributed by atoms with E-state index in [9.17, 15) is 13.2 Å². The summed E-state index contributed by atoms with van der Waals surface area (Å²) in [5.41, 5.74) is 0. The maximum atomic E-state index is 11.5. The Morgan fingerprint density at radius 1 is 1.33 bits per heavy atom. The SMILES string of the molecule is CCS(=O)(=O)CC(=O)N1CCNCC1.Cl. The molecule has 5 nitrogen and oxygen atoms in total. The summed E-state index contributed by atoms with van der Waals surface area (Å²) in [7, 11) is -3.18. The number of nitrogens with zero attached hydrogens (tertiary/aromatic N) is 1. The van der Waals surface area contributed by atoms with Gasteiger partial charge in [-0.2, -0.15) is 0 Å². The molecule has 0 unspecified atom stereocenters. The fourth-order valence-corrected chi connectivity index (χ4v) is 2.06. The van der Waals surface area contributed by atoms with Crippen molar-refractivity contribution < 1.29 is 13.2 Å². The van der Waals surface area contributed by atoms with Crippen LogP contribution < -0.4 is 5.32 Å². The van der Waals surface area contributed by atoms with Gasteiger partial charge in [0.1, 0.15) is 5.75 Å². The lowest BCUT2D eigenvalue weighted by molar-refractivity contribution is -0.128. The molecular weight excluding hydrogens is 240 g/mol. The first-order chi connectivity index (χ1) is 6.55. The second-order valence-electron chi connectivity index (χ2n) is 3.31. The second kappa shape index (κ2) is 6.30. The van der Waals surface area contributed by atoms with E-state index in [1.54, 1.807) is 11.8 Å². The van der Waals surface area contributed by atoms with Gasteiger partial charge in [0.2, 0.25) is 5.91 Å². The Labute approximate surface area is 96.5 Å². The van der Waals surface area contributed by atoms with Gasteiger partial charge >= 0.3 is 0 Å². The number of hydrogen-bond donors (Lipinski definition) is 1. The van der Waals surface area contributed by atoms with Gasteiger partial charge in [0.25, 0.3) is 0 Å². The van der Waals surface area contributed by atoms with Crippen LogP contribution in [0.3, 0.4) is 0 Å². The van der Waals surface area contributed by atoms with E-state index in [4.69, 9.17) is 0 Å². The number of sulfone groups is 1. The lowest BCUT2D eigenvalue weighted by Crippen LogP contribution is -2.48. The van der Waals surface area contributed by atoms with Crippen LogP contribution in [0.5, 0.6) is 0 Å². The van der Waals surface area contributed by atoms with Crippen molar-refractivity contribution in [3.05, 3.63) is 0 Å². The van der Waals surface area contributed by atoms with E-state index in [-0.39, 0.29) is 29.8 Å². The van der Waals surface area contributed by atoms with Gasteiger partial charge < -0.3 is 10.2 Å². The van der Waals surface area contributed by atoms with Crippen molar-refractivity contribution in [1.82, 2.24) is 10.2 Å².